The minimum atomic E-state index is -3.65. The summed E-state index contributed by atoms with van der Waals surface area (Å²) in [5.41, 5.74) is 7.73. The van der Waals surface area contributed by atoms with E-state index in [2.05, 4.69) is 5.32 Å². The predicted molar refractivity (Wildman–Crippen MR) is 126 cm³/mol. The molecular formula is C23H27N3O8S. The second-order valence-electron chi connectivity index (χ2n) is 8.12. The highest BCUT2D eigenvalue weighted by Crippen LogP contribution is 2.25. The standard InChI is InChI=1S/C23H27N3O8S/c1-35(31,32)34-18-5-2-4-17(13-18)16-8-6-15(7-9-16)12-19(21(24)27)25-22(28)20-14-26(23(29)30)10-3-11-33-20/h2,4-9,13,19-20H,3,10-12,14H2,1H3,(H2,24,27)(H,25,28)(H,29,30)/t19-,20-/m0/s1. The van der Waals surface area contributed by atoms with E-state index < -0.39 is 40.2 Å². The first-order valence-electron chi connectivity index (χ1n) is 10.8. The first-order valence-corrected chi connectivity index (χ1v) is 12.6. The lowest BCUT2D eigenvalue weighted by molar-refractivity contribution is -0.135. The molecule has 1 heterocycles. The van der Waals surface area contributed by atoms with Gasteiger partial charge in [-0.2, -0.15) is 8.42 Å². The lowest BCUT2D eigenvalue weighted by Crippen LogP contribution is -2.52. The Morgan fingerprint density at radius 1 is 1.20 bits per heavy atom. The van der Waals surface area contributed by atoms with Crippen molar-refractivity contribution >= 4 is 28.0 Å². The molecule has 0 unspecified atom stereocenters. The average Bonchev–Trinajstić information content (AvgIpc) is 3.05. The molecule has 1 aliphatic rings. The van der Waals surface area contributed by atoms with Gasteiger partial charge in [0.15, 0.2) is 6.10 Å². The maximum Gasteiger partial charge on any atom is 0.407 e. The van der Waals surface area contributed by atoms with Crippen LogP contribution >= 0.6 is 0 Å². The number of carbonyl (C=O) groups excluding carboxylic acids is 2. The quantitative estimate of drug-likeness (QED) is 0.447. The first kappa shape index (κ1) is 26.0. The Bertz CT molecular complexity index is 1180. The zero-order valence-corrected chi connectivity index (χ0v) is 19.9. The Morgan fingerprint density at radius 3 is 2.54 bits per heavy atom. The zero-order chi connectivity index (χ0) is 25.6. The summed E-state index contributed by atoms with van der Waals surface area (Å²) in [6, 6.07) is 12.7. The van der Waals surface area contributed by atoms with Crippen molar-refractivity contribution in [2.75, 3.05) is 26.0 Å². The second-order valence-corrected chi connectivity index (χ2v) is 9.70. The van der Waals surface area contributed by atoms with Crippen LogP contribution in [-0.2, 0) is 30.9 Å². The number of carboxylic acid groups (broad SMARTS) is 1. The molecule has 0 radical (unpaired) electrons. The van der Waals surface area contributed by atoms with Crippen molar-refractivity contribution < 1.29 is 36.8 Å². The summed E-state index contributed by atoms with van der Waals surface area (Å²) in [5, 5.41) is 11.8. The Kier molecular flexibility index (Phi) is 8.30. The van der Waals surface area contributed by atoms with Crippen molar-refractivity contribution in [3.63, 3.8) is 0 Å². The van der Waals surface area contributed by atoms with Gasteiger partial charge in [-0.1, -0.05) is 36.4 Å². The molecule has 3 rings (SSSR count). The number of primary amides is 1. The van der Waals surface area contributed by atoms with Crippen molar-refractivity contribution in [1.29, 1.82) is 0 Å². The summed E-state index contributed by atoms with van der Waals surface area (Å²) in [4.78, 5) is 37.1. The SMILES string of the molecule is CS(=O)(=O)Oc1cccc(-c2ccc(C[C@H](NC(=O)[C@@H]3CN(C(=O)O)CCCO3)C(N)=O)cc2)c1. The Hall–Kier alpha value is -3.64. The minimum absolute atomic E-state index is 0.119. The van der Waals surface area contributed by atoms with Gasteiger partial charge in [0.05, 0.1) is 12.8 Å². The Balaban J connectivity index is 1.68. The van der Waals surface area contributed by atoms with Gasteiger partial charge >= 0.3 is 16.2 Å². The normalized spacial score (nSPS) is 17.2. The van der Waals surface area contributed by atoms with Gasteiger partial charge in [0.1, 0.15) is 11.8 Å². The Morgan fingerprint density at radius 2 is 1.91 bits per heavy atom. The molecule has 35 heavy (non-hydrogen) atoms. The molecule has 0 aromatic heterocycles. The van der Waals surface area contributed by atoms with E-state index in [0.717, 1.165) is 27.8 Å². The van der Waals surface area contributed by atoms with Gasteiger partial charge in [-0.05, 0) is 35.2 Å². The molecule has 1 saturated heterocycles. The number of amides is 3. The fourth-order valence-electron chi connectivity index (χ4n) is 3.62. The molecule has 2 atom stereocenters. The van der Waals surface area contributed by atoms with Gasteiger partial charge in [-0.15, -0.1) is 0 Å². The largest absolute Gasteiger partial charge is 0.465 e. The van der Waals surface area contributed by atoms with E-state index in [4.69, 9.17) is 14.7 Å². The van der Waals surface area contributed by atoms with Crippen LogP contribution in [0.3, 0.4) is 0 Å². The number of rotatable bonds is 8. The van der Waals surface area contributed by atoms with Gasteiger partial charge in [-0.25, -0.2) is 4.79 Å². The highest BCUT2D eigenvalue weighted by molar-refractivity contribution is 7.86. The molecule has 0 saturated carbocycles. The molecule has 0 spiro atoms. The van der Waals surface area contributed by atoms with Crippen LogP contribution in [0.15, 0.2) is 48.5 Å². The zero-order valence-electron chi connectivity index (χ0n) is 19.0. The van der Waals surface area contributed by atoms with Crippen LogP contribution in [0.5, 0.6) is 5.75 Å². The molecule has 0 bridgehead atoms. The molecule has 3 amide bonds. The molecule has 12 heteroatoms. The van der Waals surface area contributed by atoms with Crippen LogP contribution in [-0.4, -0.2) is 74.4 Å². The van der Waals surface area contributed by atoms with Gasteiger partial charge < -0.3 is 30.0 Å². The number of benzene rings is 2. The van der Waals surface area contributed by atoms with Crippen molar-refractivity contribution in [2.45, 2.75) is 25.0 Å². The first-order chi connectivity index (χ1) is 16.5. The van der Waals surface area contributed by atoms with Crippen molar-refractivity contribution in [2.24, 2.45) is 5.73 Å². The number of nitrogens with one attached hydrogen (secondary N) is 1. The molecule has 0 aliphatic carbocycles. The second kappa shape index (κ2) is 11.2. The highest BCUT2D eigenvalue weighted by Gasteiger charge is 2.30. The number of carbonyl (C=O) groups is 3. The van der Waals surface area contributed by atoms with Gasteiger partial charge in [0, 0.05) is 19.6 Å². The Labute approximate surface area is 202 Å². The summed E-state index contributed by atoms with van der Waals surface area (Å²) in [5.74, 6) is -1.16. The van der Waals surface area contributed by atoms with Crippen LogP contribution < -0.4 is 15.2 Å². The summed E-state index contributed by atoms with van der Waals surface area (Å²) in [6.07, 6.45) is -0.640. The smallest absolute Gasteiger partial charge is 0.407 e. The molecule has 11 nitrogen and oxygen atoms in total. The lowest BCUT2D eigenvalue weighted by atomic mass is 10.00. The lowest BCUT2D eigenvalue weighted by Gasteiger charge is -2.23. The van der Waals surface area contributed by atoms with E-state index in [1.807, 2.05) is 0 Å². The summed E-state index contributed by atoms with van der Waals surface area (Å²) in [7, 11) is -3.65. The molecule has 4 N–H and O–H groups in total. The average molecular weight is 506 g/mol. The van der Waals surface area contributed by atoms with Crippen LogP contribution in [0.4, 0.5) is 4.79 Å². The topological polar surface area (TPSA) is 165 Å². The van der Waals surface area contributed by atoms with E-state index in [1.165, 1.54) is 6.07 Å². The van der Waals surface area contributed by atoms with Gasteiger partial charge in [-0.3, -0.25) is 9.59 Å². The van der Waals surface area contributed by atoms with Crippen LogP contribution in [0, 0.1) is 0 Å². The van der Waals surface area contributed by atoms with Crippen LogP contribution in [0.2, 0.25) is 0 Å². The highest BCUT2D eigenvalue weighted by atomic mass is 32.2. The van der Waals surface area contributed by atoms with E-state index in [1.54, 1.807) is 42.5 Å². The number of hydrogen-bond acceptors (Lipinski definition) is 7. The number of ether oxygens (including phenoxy) is 1. The molecule has 188 valence electrons. The fourth-order valence-corrected chi connectivity index (χ4v) is 4.07. The van der Waals surface area contributed by atoms with Gasteiger partial charge in [0.2, 0.25) is 5.91 Å². The number of nitrogens with zero attached hydrogens (tertiary/aromatic N) is 1. The minimum Gasteiger partial charge on any atom is -0.465 e. The monoisotopic (exact) mass is 505 g/mol. The third kappa shape index (κ3) is 7.69. The van der Waals surface area contributed by atoms with Crippen LogP contribution in [0.1, 0.15) is 12.0 Å². The summed E-state index contributed by atoms with van der Waals surface area (Å²) in [6.45, 7) is 0.346. The number of nitrogens with two attached hydrogens (primary N) is 1. The summed E-state index contributed by atoms with van der Waals surface area (Å²) < 4.78 is 33.1. The number of hydrogen-bond donors (Lipinski definition) is 3. The van der Waals surface area contributed by atoms with E-state index in [0.29, 0.717) is 6.42 Å². The molecule has 1 fully saturated rings. The molecule has 2 aromatic rings. The third-order valence-electron chi connectivity index (χ3n) is 5.31. The van der Waals surface area contributed by atoms with Crippen LogP contribution in [0.25, 0.3) is 11.1 Å². The van der Waals surface area contributed by atoms with E-state index in [9.17, 15) is 27.9 Å². The third-order valence-corrected chi connectivity index (χ3v) is 5.80. The van der Waals surface area contributed by atoms with E-state index in [-0.39, 0.29) is 31.9 Å². The summed E-state index contributed by atoms with van der Waals surface area (Å²) >= 11 is 0. The van der Waals surface area contributed by atoms with E-state index >= 15 is 0 Å². The maximum absolute atomic E-state index is 12.7. The fraction of sp³-hybridized carbons (Fsp3) is 0.348. The predicted octanol–water partition coefficient (Wildman–Crippen LogP) is 0.974. The molecule has 1 aliphatic heterocycles. The van der Waals surface area contributed by atoms with Crippen molar-refractivity contribution in [3.05, 3.63) is 54.1 Å². The molecular weight excluding hydrogens is 478 g/mol. The van der Waals surface area contributed by atoms with Gasteiger partial charge in [0.25, 0.3) is 5.91 Å². The van der Waals surface area contributed by atoms with Crippen molar-refractivity contribution in [1.82, 2.24) is 10.2 Å². The van der Waals surface area contributed by atoms with Crippen molar-refractivity contribution in [3.8, 4) is 16.9 Å². The molecule has 2 aromatic carbocycles. The maximum atomic E-state index is 12.7.